The van der Waals surface area contributed by atoms with Crippen LogP contribution in [0.15, 0.2) is 188 Å². The second-order valence-corrected chi connectivity index (χ2v) is 21.6. The smallest absolute Gasteiger partial charge is 0.135 e. The van der Waals surface area contributed by atoms with Crippen LogP contribution in [-0.2, 0) is 37.3 Å². The molecule has 9 aromatic rings. The number of hydrogen-bond donors (Lipinski definition) is 0. The molecule has 3 heterocycles. The van der Waals surface area contributed by atoms with Crippen LogP contribution in [0, 0.1) is 24.2 Å². The molecule has 0 bridgehead atoms. The Hall–Kier alpha value is -6.68. The first-order chi connectivity index (χ1) is 32.9. The molecule has 0 unspecified atom stereocenters. The van der Waals surface area contributed by atoms with E-state index in [-0.39, 0.29) is 42.7 Å². The number of anilines is 2. The standard InChI is InChI=1S/C64H61N4O.Pt/c1-61(2,3)48-33-34-65-60(39-48)68-57-32-29-50(64(9,10)47-25-18-13-19-26-47)38-56(57)55-31-30-53(41-58(55)68)69-54-36-45(44-21-14-11-15-22-44)35-52(40-54)66-42-59(62(4,5)6)67(43-66)51-28-20-27-49(37-51)63(7,8)46-23-16-12-17-24-46;/h11-39,42-43H,1-10H3;/q-3;. The molecule has 0 saturated heterocycles. The molecule has 1 aliphatic rings. The number of aromatic nitrogens is 2. The van der Waals surface area contributed by atoms with Crippen molar-refractivity contribution in [1.82, 2.24) is 9.55 Å². The number of ether oxygens (including phenoxy) is 1. The fourth-order valence-corrected chi connectivity index (χ4v) is 9.65. The third-order valence-electron chi connectivity index (χ3n) is 14.0. The molecule has 2 aromatic heterocycles. The third-order valence-corrected chi connectivity index (χ3v) is 14.0. The van der Waals surface area contributed by atoms with Gasteiger partial charge < -0.3 is 19.1 Å². The number of benzene rings is 7. The van der Waals surface area contributed by atoms with E-state index in [0.717, 1.165) is 50.1 Å². The van der Waals surface area contributed by atoms with Crippen LogP contribution in [0.5, 0.6) is 11.5 Å². The normalized spacial score (nSPS) is 13.4. The molecule has 0 atom stereocenters. The SMILES string of the molecule is CC(C)(C)C1=CN(c2[c-]c(Oc3[c-]c4c(cc3)c3cc(C(C)(C)c5ccccc5)ccc3n4-c3cc(C(C)(C)C)ccn3)cc(-c3ccccc3)c2)[CH-]N1c1cccc(C(C)(C)c2ccccc2)c1.[Pt]. The van der Waals surface area contributed by atoms with Crippen LogP contribution in [0.25, 0.3) is 38.8 Å². The fraction of sp³-hybridized carbons (Fsp3) is 0.219. The molecule has 5 nitrogen and oxygen atoms in total. The van der Waals surface area contributed by atoms with Gasteiger partial charge in [-0.25, -0.2) is 4.98 Å². The molecule has 0 radical (unpaired) electrons. The molecule has 0 saturated carbocycles. The molecular weight excluding hydrogens is 1040 g/mol. The molecule has 356 valence electrons. The molecular formula is C64H61N4OPt-3. The predicted octanol–water partition coefficient (Wildman–Crippen LogP) is 16.5. The second kappa shape index (κ2) is 18.6. The summed E-state index contributed by atoms with van der Waals surface area (Å²) in [5.41, 5.74) is 12.8. The van der Waals surface area contributed by atoms with Crippen molar-refractivity contribution in [3.8, 4) is 28.4 Å². The summed E-state index contributed by atoms with van der Waals surface area (Å²) >= 11 is 0. The van der Waals surface area contributed by atoms with E-state index >= 15 is 0 Å². The van der Waals surface area contributed by atoms with Crippen molar-refractivity contribution in [2.24, 2.45) is 5.41 Å². The summed E-state index contributed by atoms with van der Waals surface area (Å²) in [6.07, 6.45) is 4.16. The quantitative estimate of drug-likeness (QED) is 0.128. The van der Waals surface area contributed by atoms with Crippen LogP contribution in [-0.4, -0.2) is 9.55 Å². The van der Waals surface area contributed by atoms with Gasteiger partial charge in [-0.05, 0) is 80.7 Å². The van der Waals surface area contributed by atoms with E-state index in [0.29, 0.717) is 11.5 Å². The summed E-state index contributed by atoms with van der Waals surface area (Å²) in [6.45, 7) is 24.9. The van der Waals surface area contributed by atoms with E-state index in [4.69, 9.17) is 9.72 Å². The predicted molar refractivity (Wildman–Crippen MR) is 287 cm³/mol. The van der Waals surface area contributed by atoms with Crippen LogP contribution in [0.3, 0.4) is 0 Å². The van der Waals surface area contributed by atoms with Gasteiger partial charge in [0.15, 0.2) is 0 Å². The average Bonchev–Trinajstić information content (AvgIpc) is 3.95. The van der Waals surface area contributed by atoms with Crippen molar-refractivity contribution in [2.45, 2.75) is 85.5 Å². The van der Waals surface area contributed by atoms with Crippen LogP contribution < -0.4 is 14.5 Å². The Balaban J connectivity index is 0.00000608. The second-order valence-electron chi connectivity index (χ2n) is 21.6. The van der Waals surface area contributed by atoms with Gasteiger partial charge in [0.05, 0.1) is 0 Å². The number of nitrogens with zero attached hydrogens (tertiary/aromatic N) is 4. The molecule has 7 aromatic carbocycles. The van der Waals surface area contributed by atoms with E-state index in [1.165, 1.54) is 33.5 Å². The first-order valence-corrected chi connectivity index (χ1v) is 24.1. The Morgan fingerprint density at radius 3 is 1.77 bits per heavy atom. The molecule has 0 aliphatic carbocycles. The maximum Gasteiger partial charge on any atom is 0.135 e. The van der Waals surface area contributed by atoms with E-state index in [1.807, 2.05) is 12.3 Å². The minimum atomic E-state index is -0.214. The summed E-state index contributed by atoms with van der Waals surface area (Å²) in [6, 6.07) is 68.0. The average molecular weight is 1100 g/mol. The van der Waals surface area contributed by atoms with Crippen LogP contribution in [0.1, 0.15) is 97.1 Å². The number of hydrogen-bond acceptors (Lipinski definition) is 4. The van der Waals surface area contributed by atoms with Gasteiger partial charge in [-0.15, -0.1) is 53.6 Å². The largest absolute Gasteiger partial charge is 0.509 e. The number of rotatable bonds is 10. The maximum atomic E-state index is 6.93. The molecule has 10 rings (SSSR count). The first kappa shape index (κ1) is 48.3. The van der Waals surface area contributed by atoms with Gasteiger partial charge in [-0.1, -0.05) is 190 Å². The summed E-state index contributed by atoms with van der Waals surface area (Å²) < 4.78 is 9.17. The fourth-order valence-electron chi connectivity index (χ4n) is 9.65. The van der Waals surface area contributed by atoms with Crippen molar-refractivity contribution >= 4 is 33.2 Å². The monoisotopic (exact) mass is 1100 g/mol. The zero-order chi connectivity index (χ0) is 48.3. The third kappa shape index (κ3) is 9.25. The Bertz CT molecular complexity index is 3360. The minimum absolute atomic E-state index is 0. The maximum absolute atomic E-state index is 6.93. The van der Waals surface area contributed by atoms with Crippen LogP contribution in [0.4, 0.5) is 11.4 Å². The van der Waals surface area contributed by atoms with E-state index in [2.05, 4.69) is 272 Å². The minimum Gasteiger partial charge on any atom is -0.509 e. The van der Waals surface area contributed by atoms with E-state index in [9.17, 15) is 0 Å². The Labute approximate surface area is 429 Å². The molecule has 70 heavy (non-hydrogen) atoms. The van der Waals surface area contributed by atoms with Crippen molar-refractivity contribution in [1.29, 1.82) is 0 Å². The number of allylic oxidation sites excluding steroid dienone is 1. The summed E-state index contributed by atoms with van der Waals surface area (Å²) in [7, 11) is 0. The summed E-state index contributed by atoms with van der Waals surface area (Å²) in [4.78, 5) is 9.49. The summed E-state index contributed by atoms with van der Waals surface area (Å²) in [5, 5.41) is 2.22. The van der Waals surface area contributed by atoms with Crippen molar-refractivity contribution < 1.29 is 25.8 Å². The van der Waals surface area contributed by atoms with E-state index < -0.39 is 0 Å². The van der Waals surface area contributed by atoms with Gasteiger partial charge in [0, 0.05) is 71.9 Å². The van der Waals surface area contributed by atoms with Crippen molar-refractivity contribution in [2.75, 3.05) is 9.80 Å². The molecule has 0 amide bonds. The van der Waals surface area contributed by atoms with Crippen LogP contribution >= 0.6 is 0 Å². The Morgan fingerprint density at radius 1 is 0.500 bits per heavy atom. The molecule has 1 aliphatic heterocycles. The van der Waals surface area contributed by atoms with Gasteiger partial charge in [0.25, 0.3) is 0 Å². The first-order valence-electron chi connectivity index (χ1n) is 24.1. The van der Waals surface area contributed by atoms with Gasteiger partial charge in [-0.3, -0.25) is 0 Å². The van der Waals surface area contributed by atoms with Crippen molar-refractivity contribution in [3.63, 3.8) is 0 Å². The zero-order valence-corrected chi connectivity index (χ0v) is 44.2. The molecule has 6 heteroatoms. The van der Waals surface area contributed by atoms with Crippen LogP contribution in [0.2, 0.25) is 0 Å². The van der Waals surface area contributed by atoms with Gasteiger partial charge >= 0.3 is 0 Å². The van der Waals surface area contributed by atoms with Gasteiger partial charge in [0.1, 0.15) is 5.82 Å². The molecule has 0 N–H and O–H groups in total. The Kier molecular flexibility index (Phi) is 12.8. The number of pyridine rings is 1. The summed E-state index contributed by atoms with van der Waals surface area (Å²) in [5.74, 6) is 2.02. The van der Waals surface area contributed by atoms with Crippen molar-refractivity contribution in [3.05, 3.63) is 235 Å². The topological polar surface area (TPSA) is 33.5 Å². The van der Waals surface area contributed by atoms with Gasteiger partial charge in [-0.2, -0.15) is 6.07 Å². The molecule has 0 spiro atoms. The molecule has 0 fully saturated rings. The van der Waals surface area contributed by atoms with E-state index in [1.54, 1.807) is 0 Å². The Morgan fingerprint density at radius 2 is 1.13 bits per heavy atom. The van der Waals surface area contributed by atoms with Gasteiger partial charge in [0.2, 0.25) is 0 Å². The zero-order valence-electron chi connectivity index (χ0n) is 41.9. The number of fused-ring (bicyclic) bond motifs is 3.